The SMILES string of the molecule is C[C@]12CC(O)C(O)C=C1CCC21OCCO1. The zero-order valence-electron chi connectivity index (χ0n) is 9.48. The molecular weight excluding hydrogens is 208 g/mol. The van der Waals surface area contributed by atoms with Crippen molar-refractivity contribution in [3.05, 3.63) is 11.6 Å². The van der Waals surface area contributed by atoms with Crippen LogP contribution in [0, 0.1) is 5.41 Å². The van der Waals surface area contributed by atoms with Crippen LogP contribution >= 0.6 is 0 Å². The molecule has 4 heteroatoms. The minimum Gasteiger partial charge on any atom is -0.390 e. The van der Waals surface area contributed by atoms with Gasteiger partial charge in [0.15, 0.2) is 5.79 Å². The van der Waals surface area contributed by atoms with Crippen LogP contribution in [-0.4, -0.2) is 41.4 Å². The molecule has 0 aromatic rings. The summed E-state index contributed by atoms with van der Waals surface area (Å²) < 4.78 is 11.6. The average Bonchev–Trinajstić information content (AvgIpc) is 2.80. The fraction of sp³-hybridized carbons (Fsp3) is 0.833. The molecule has 3 aliphatic rings. The Morgan fingerprint density at radius 2 is 2.00 bits per heavy atom. The second kappa shape index (κ2) is 3.29. The van der Waals surface area contributed by atoms with Gasteiger partial charge in [0.25, 0.3) is 0 Å². The quantitative estimate of drug-likeness (QED) is 0.593. The van der Waals surface area contributed by atoms with Crippen molar-refractivity contribution < 1.29 is 19.7 Å². The zero-order valence-corrected chi connectivity index (χ0v) is 9.48. The van der Waals surface area contributed by atoms with Crippen molar-refractivity contribution in [2.45, 2.75) is 44.2 Å². The Labute approximate surface area is 94.9 Å². The van der Waals surface area contributed by atoms with Crippen LogP contribution in [-0.2, 0) is 9.47 Å². The van der Waals surface area contributed by atoms with Gasteiger partial charge in [-0.05, 0) is 12.8 Å². The van der Waals surface area contributed by atoms with Gasteiger partial charge in [-0.2, -0.15) is 0 Å². The highest BCUT2D eigenvalue weighted by Gasteiger charge is 2.60. The Kier molecular flexibility index (Phi) is 2.20. The molecule has 4 nitrogen and oxygen atoms in total. The van der Waals surface area contributed by atoms with Gasteiger partial charge < -0.3 is 19.7 Å². The second-order valence-corrected chi connectivity index (χ2v) is 5.24. The predicted octanol–water partition coefficient (Wildman–Crippen LogP) is 0.582. The van der Waals surface area contributed by atoms with Gasteiger partial charge in [-0.1, -0.05) is 18.6 Å². The van der Waals surface area contributed by atoms with Crippen LogP contribution in [0.2, 0.25) is 0 Å². The van der Waals surface area contributed by atoms with Crippen LogP contribution in [0.1, 0.15) is 26.2 Å². The molecule has 0 aromatic heterocycles. The highest BCUT2D eigenvalue weighted by atomic mass is 16.7. The van der Waals surface area contributed by atoms with Gasteiger partial charge >= 0.3 is 0 Å². The number of aliphatic hydroxyl groups excluding tert-OH is 2. The van der Waals surface area contributed by atoms with Crippen molar-refractivity contribution in [2.75, 3.05) is 13.2 Å². The van der Waals surface area contributed by atoms with Crippen molar-refractivity contribution in [3.63, 3.8) is 0 Å². The van der Waals surface area contributed by atoms with Crippen molar-refractivity contribution in [2.24, 2.45) is 5.41 Å². The van der Waals surface area contributed by atoms with E-state index in [4.69, 9.17) is 9.47 Å². The molecule has 0 amide bonds. The van der Waals surface area contributed by atoms with E-state index in [2.05, 4.69) is 6.92 Å². The highest BCUT2D eigenvalue weighted by Crippen LogP contribution is 2.58. The van der Waals surface area contributed by atoms with E-state index in [0.29, 0.717) is 19.6 Å². The number of aliphatic hydroxyl groups is 2. The van der Waals surface area contributed by atoms with E-state index in [1.54, 1.807) is 6.08 Å². The number of fused-ring (bicyclic) bond motifs is 2. The minimum absolute atomic E-state index is 0.276. The Bertz CT molecular complexity index is 332. The van der Waals surface area contributed by atoms with E-state index >= 15 is 0 Å². The van der Waals surface area contributed by atoms with Crippen LogP contribution in [0.15, 0.2) is 11.6 Å². The monoisotopic (exact) mass is 226 g/mol. The van der Waals surface area contributed by atoms with Crippen LogP contribution in [0.5, 0.6) is 0 Å². The lowest BCUT2D eigenvalue weighted by Gasteiger charge is -2.44. The summed E-state index contributed by atoms with van der Waals surface area (Å²) in [5.41, 5.74) is 0.898. The molecule has 0 aromatic carbocycles. The first kappa shape index (κ1) is 10.7. The molecule has 3 rings (SSSR count). The molecule has 2 N–H and O–H groups in total. The fourth-order valence-corrected chi connectivity index (χ4v) is 3.42. The third-order valence-electron chi connectivity index (χ3n) is 4.41. The summed E-state index contributed by atoms with van der Waals surface area (Å²) in [7, 11) is 0. The van der Waals surface area contributed by atoms with Gasteiger partial charge in [0.1, 0.15) is 0 Å². The number of ether oxygens (including phenoxy) is 2. The number of hydrogen-bond acceptors (Lipinski definition) is 4. The summed E-state index contributed by atoms with van der Waals surface area (Å²) in [4.78, 5) is 0. The van der Waals surface area contributed by atoms with Gasteiger partial charge in [-0.15, -0.1) is 0 Å². The first-order valence-electron chi connectivity index (χ1n) is 5.93. The van der Waals surface area contributed by atoms with Crippen LogP contribution in [0.3, 0.4) is 0 Å². The van der Waals surface area contributed by atoms with E-state index in [-0.39, 0.29) is 5.41 Å². The van der Waals surface area contributed by atoms with Crippen molar-refractivity contribution in [1.82, 2.24) is 0 Å². The minimum atomic E-state index is -0.736. The standard InChI is InChI=1S/C12H18O4/c1-11-7-10(14)9(13)6-8(11)2-3-12(11)15-4-5-16-12/h6,9-10,13-14H,2-5,7H2,1H3/t9?,10?,11-/m0/s1. The Balaban J connectivity index is 2.01. The lowest BCUT2D eigenvalue weighted by atomic mass is 9.71. The topological polar surface area (TPSA) is 58.9 Å². The lowest BCUT2D eigenvalue weighted by molar-refractivity contribution is -0.219. The van der Waals surface area contributed by atoms with E-state index < -0.39 is 18.0 Å². The zero-order chi connectivity index (χ0) is 11.4. The molecule has 16 heavy (non-hydrogen) atoms. The fourth-order valence-electron chi connectivity index (χ4n) is 3.42. The maximum Gasteiger partial charge on any atom is 0.177 e. The van der Waals surface area contributed by atoms with Gasteiger partial charge in [-0.25, -0.2) is 0 Å². The summed E-state index contributed by atoms with van der Waals surface area (Å²) in [5.74, 6) is -0.556. The molecule has 3 atom stereocenters. The van der Waals surface area contributed by atoms with Crippen LogP contribution < -0.4 is 0 Å². The highest BCUT2D eigenvalue weighted by molar-refractivity contribution is 5.29. The summed E-state index contributed by atoms with van der Waals surface area (Å²) in [6, 6.07) is 0. The van der Waals surface area contributed by atoms with E-state index in [1.165, 1.54) is 5.57 Å². The molecule has 0 bridgehead atoms. The van der Waals surface area contributed by atoms with Gasteiger partial charge in [0.05, 0.1) is 25.4 Å². The predicted molar refractivity (Wildman–Crippen MR) is 56.7 cm³/mol. The molecule has 2 fully saturated rings. The summed E-state index contributed by atoms with van der Waals surface area (Å²) in [5, 5.41) is 19.5. The molecule has 2 unspecified atom stereocenters. The molecule has 1 saturated heterocycles. The Morgan fingerprint density at radius 3 is 2.69 bits per heavy atom. The second-order valence-electron chi connectivity index (χ2n) is 5.24. The van der Waals surface area contributed by atoms with Crippen molar-refractivity contribution >= 4 is 0 Å². The van der Waals surface area contributed by atoms with Crippen molar-refractivity contribution in [3.8, 4) is 0 Å². The summed E-state index contributed by atoms with van der Waals surface area (Å²) in [6.45, 7) is 3.33. The largest absolute Gasteiger partial charge is 0.390 e. The Hall–Kier alpha value is -0.420. The average molecular weight is 226 g/mol. The van der Waals surface area contributed by atoms with Gasteiger partial charge in [-0.3, -0.25) is 0 Å². The van der Waals surface area contributed by atoms with Crippen LogP contribution in [0.4, 0.5) is 0 Å². The molecule has 1 spiro atoms. The van der Waals surface area contributed by atoms with E-state index in [9.17, 15) is 10.2 Å². The molecule has 90 valence electrons. The Morgan fingerprint density at radius 1 is 1.31 bits per heavy atom. The number of rotatable bonds is 0. The maximum absolute atomic E-state index is 9.83. The third-order valence-corrected chi connectivity index (χ3v) is 4.41. The molecule has 1 aliphatic heterocycles. The van der Waals surface area contributed by atoms with Crippen LogP contribution in [0.25, 0.3) is 0 Å². The first-order valence-corrected chi connectivity index (χ1v) is 5.93. The third kappa shape index (κ3) is 1.19. The summed E-state index contributed by atoms with van der Waals surface area (Å²) >= 11 is 0. The smallest absolute Gasteiger partial charge is 0.177 e. The van der Waals surface area contributed by atoms with E-state index in [1.807, 2.05) is 0 Å². The molecular formula is C12H18O4. The molecule has 1 heterocycles. The van der Waals surface area contributed by atoms with E-state index in [0.717, 1.165) is 12.8 Å². The summed E-state index contributed by atoms with van der Waals surface area (Å²) in [6.07, 6.45) is 2.57. The van der Waals surface area contributed by atoms with Gasteiger partial charge in [0.2, 0.25) is 0 Å². The molecule has 1 saturated carbocycles. The molecule has 0 radical (unpaired) electrons. The normalized spacial score (nSPS) is 45.8. The first-order chi connectivity index (χ1) is 7.57. The lowest BCUT2D eigenvalue weighted by Crippen LogP contribution is -2.49. The van der Waals surface area contributed by atoms with Gasteiger partial charge in [0, 0.05) is 11.8 Å². The van der Waals surface area contributed by atoms with Crippen molar-refractivity contribution in [1.29, 1.82) is 0 Å². The molecule has 2 aliphatic carbocycles. The number of hydrogen-bond donors (Lipinski definition) is 2. The maximum atomic E-state index is 9.83.